The zero-order valence-corrected chi connectivity index (χ0v) is 12.2. The molecule has 3 nitrogen and oxygen atoms in total. The normalized spacial score (nSPS) is 11.7. The van der Waals surface area contributed by atoms with E-state index < -0.39 is 17.6 Å². The van der Waals surface area contributed by atoms with Crippen molar-refractivity contribution in [1.29, 1.82) is 0 Å². The van der Waals surface area contributed by atoms with Gasteiger partial charge in [-0.05, 0) is 30.3 Å². The molecule has 23 heavy (non-hydrogen) atoms. The van der Waals surface area contributed by atoms with Crippen LogP contribution in [0.1, 0.15) is 16.1 Å². The number of hydrogen-bond donors (Lipinski definition) is 1. The first-order valence-electron chi connectivity index (χ1n) is 6.51. The molecule has 3 rings (SSSR count). The lowest BCUT2D eigenvalue weighted by atomic mass is 10.1. The minimum Gasteiger partial charge on any atom is -0.451 e. The molecule has 2 aromatic carbocycles. The number of carbonyl (C=O) groups excluding carboxylic acids is 1. The van der Waals surface area contributed by atoms with Gasteiger partial charge in [0.1, 0.15) is 5.58 Å². The van der Waals surface area contributed by atoms with Crippen LogP contribution in [0.4, 0.5) is 18.9 Å². The van der Waals surface area contributed by atoms with Crippen LogP contribution in [0.15, 0.2) is 52.9 Å². The van der Waals surface area contributed by atoms with Gasteiger partial charge in [-0.1, -0.05) is 29.8 Å². The van der Waals surface area contributed by atoms with Crippen LogP contribution in [0.2, 0.25) is 5.02 Å². The van der Waals surface area contributed by atoms with E-state index in [2.05, 4.69) is 5.32 Å². The number of carbonyl (C=O) groups is 1. The van der Waals surface area contributed by atoms with Crippen molar-refractivity contribution in [1.82, 2.24) is 0 Å². The van der Waals surface area contributed by atoms with Crippen molar-refractivity contribution < 1.29 is 22.4 Å². The van der Waals surface area contributed by atoms with Crippen LogP contribution in [0.25, 0.3) is 11.0 Å². The van der Waals surface area contributed by atoms with Gasteiger partial charge in [0, 0.05) is 10.4 Å². The van der Waals surface area contributed by atoms with Gasteiger partial charge in [0.05, 0.1) is 11.3 Å². The maximum atomic E-state index is 13.0. The molecule has 7 heteroatoms. The van der Waals surface area contributed by atoms with Gasteiger partial charge >= 0.3 is 6.18 Å². The molecule has 0 saturated carbocycles. The fraction of sp³-hybridized carbons (Fsp3) is 0.0625. The van der Waals surface area contributed by atoms with E-state index in [9.17, 15) is 18.0 Å². The Balaban J connectivity index is 1.94. The van der Waals surface area contributed by atoms with Crippen molar-refractivity contribution in [3.05, 3.63) is 64.9 Å². The highest BCUT2D eigenvalue weighted by Crippen LogP contribution is 2.36. The number of para-hydroxylation sites is 1. The van der Waals surface area contributed by atoms with Gasteiger partial charge in [-0.25, -0.2) is 0 Å². The first-order valence-corrected chi connectivity index (χ1v) is 6.89. The lowest BCUT2D eigenvalue weighted by Gasteiger charge is -2.13. The van der Waals surface area contributed by atoms with Gasteiger partial charge in [-0.3, -0.25) is 4.79 Å². The van der Waals surface area contributed by atoms with Crippen molar-refractivity contribution >= 4 is 34.2 Å². The monoisotopic (exact) mass is 339 g/mol. The lowest BCUT2D eigenvalue weighted by molar-refractivity contribution is -0.136. The number of hydrogen-bond acceptors (Lipinski definition) is 2. The van der Waals surface area contributed by atoms with Gasteiger partial charge in [0.2, 0.25) is 0 Å². The van der Waals surface area contributed by atoms with Crippen molar-refractivity contribution in [2.45, 2.75) is 6.18 Å². The number of furan rings is 1. The smallest absolute Gasteiger partial charge is 0.418 e. The molecule has 0 spiro atoms. The molecule has 0 radical (unpaired) electrons. The van der Waals surface area contributed by atoms with Crippen LogP contribution in [0, 0.1) is 0 Å². The Kier molecular flexibility index (Phi) is 3.77. The summed E-state index contributed by atoms with van der Waals surface area (Å²) in [5.74, 6) is -0.844. The van der Waals surface area contributed by atoms with Crippen molar-refractivity contribution in [2.75, 3.05) is 5.32 Å². The Bertz CT molecular complexity index is 853. The summed E-state index contributed by atoms with van der Waals surface area (Å²) in [6.07, 6.45) is -4.64. The second kappa shape index (κ2) is 5.62. The molecule has 0 bridgehead atoms. The average Bonchev–Trinajstić information content (AvgIpc) is 2.92. The highest BCUT2D eigenvalue weighted by molar-refractivity contribution is 6.30. The van der Waals surface area contributed by atoms with Crippen LogP contribution in [-0.4, -0.2) is 5.91 Å². The molecule has 1 heterocycles. The topological polar surface area (TPSA) is 42.2 Å². The summed E-state index contributed by atoms with van der Waals surface area (Å²) >= 11 is 5.60. The zero-order chi connectivity index (χ0) is 16.6. The Labute approximate surface area is 133 Å². The summed E-state index contributed by atoms with van der Waals surface area (Å²) in [6.45, 7) is 0. The van der Waals surface area contributed by atoms with Gasteiger partial charge in [-0.15, -0.1) is 0 Å². The summed E-state index contributed by atoms with van der Waals surface area (Å²) in [5, 5.41) is 2.82. The molecule has 0 atom stereocenters. The number of nitrogens with one attached hydrogen (secondary N) is 1. The Morgan fingerprint density at radius 1 is 1.09 bits per heavy atom. The summed E-state index contributed by atoms with van der Waals surface area (Å²) in [4.78, 5) is 12.1. The fourth-order valence-electron chi connectivity index (χ4n) is 2.14. The highest BCUT2D eigenvalue weighted by atomic mass is 35.5. The summed E-state index contributed by atoms with van der Waals surface area (Å²) in [6, 6.07) is 11.5. The van der Waals surface area contributed by atoms with E-state index in [1.54, 1.807) is 24.3 Å². The van der Waals surface area contributed by atoms with E-state index in [0.29, 0.717) is 11.0 Å². The maximum absolute atomic E-state index is 13.0. The van der Waals surface area contributed by atoms with Gasteiger partial charge in [0.25, 0.3) is 5.91 Å². The summed E-state index contributed by atoms with van der Waals surface area (Å²) < 4.78 is 44.4. The number of amides is 1. The number of halogens is 4. The molecule has 3 aromatic rings. The van der Waals surface area contributed by atoms with E-state index in [0.717, 1.165) is 12.1 Å². The number of alkyl halides is 3. The molecule has 1 amide bonds. The van der Waals surface area contributed by atoms with E-state index >= 15 is 0 Å². The summed E-state index contributed by atoms with van der Waals surface area (Å²) in [5.41, 5.74) is -0.924. The van der Waals surface area contributed by atoms with E-state index in [1.807, 2.05) is 0 Å². The molecule has 0 unspecified atom stereocenters. The van der Waals surface area contributed by atoms with E-state index in [-0.39, 0.29) is 16.5 Å². The van der Waals surface area contributed by atoms with E-state index in [1.165, 1.54) is 12.1 Å². The first-order chi connectivity index (χ1) is 10.8. The van der Waals surface area contributed by atoms with Gasteiger partial charge in [-0.2, -0.15) is 13.2 Å². The second-order valence-corrected chi connectivity index (χ2v) is 5.23. The first kappa shape index (κ1) is 15.4. The van der Waals surface area contributed by atoms with Crippen LogP contribution in [0.5, 0.6) is 0 Å². The third kappa shape index (κ3) is 3.17. The zero-order valence-electron chi connectivity index (χ0n) is 11.4. The maximum Gasteiger partial charge on any atom is 0.418 e. The van der Waals surface area contributed by atoms with Crippen molar-refractivity contribution in [3.63, 3.8) is 0 Å². The average molecular weight is 340 g/mol. The molecule has 1 aromatic heterocycles. The number of rotatable bonds is 2. The number of fused-ring (bicyclic) bond motifs is 1. The Morgan fingerprint density at radius 2 is 1.83 bits per heavy atom. The molecule has 118 valence electrons. The third-order valence-corrected chi connectivity index (χ3v) is 3.42. The molecule has 0 saturated heterocycles. The number of anilines is 1. The van der Waals surface area contributed by atoms with Crippen LogP contribution in [0.3, 0.4) is 0 Å². The minimum atomic E-state index is -4.64. The molecule has 0 aliphatic rings. The highest BCUT2D eigenvalue weighted by Gasteiger charge is 2.34. The predicted molar refractivity (Wildman–Crippen MR) is 80.6 cm³/mol. The predicted octanol–water partition coefficient (Wildman–Crippen LogP) is 5.36. The Morgan fingerprint density at radius 3 is 2.52 bits per heavy atom. The van der Waals surface area contributed by atoms with Gasteiger partial charge in [0.15, 0.2) is 5.76 Å². The third-order valence-electron chi connectivity index (χ3n) is 3.18. The largest absolute Gasteiger partial charge is 0.451 e. The summed E-state index contributed by atoms with van der Waals surface area (Å²) in [7, 11) is 0. The van der Waals surface area contributed by atoms with Crippen molar-refractivity contribution in [3.8, 4) is 0 Å². The SMILES string of the molecule is O=C(Nc1ccc(Cl)cc1C(F)(F)F)c1cc2ccccc2o1. The Hall–Kier alpha value is -2.47. The molecular weight excluding hydrogens is 331 g/mol. The quantitative estimate of drug-likeness (QED) is 0.683. The lowest BCUT2D eigenvalue weighted by Crippen LogP contribution is -2.16. The van der Waals surface area contributed by atoms with Gasteiger partial charge < -0.3 is 9.73 Å². The molecule has 1 N–H and O–H groups in total. The van der Waals surface area contributed by atoms with E-state index in [4.69, 9.17) is 16.0 Å². The van der Waals surface area contributed by atoms with Crippen molar-refractivity contribution in [2.24, 2.45) is 0 Å². The second-order valence-electron chi connectivity index (χ2n) is 4.79. The minimum absolute atomic E-state index is 0.0703. The fourth-order valence-corrected chi connectivity index (χ4v) is 2.31. The standard InChI is InChI=1S/C16H9ClF3NO2/c17-10-5-6-12(11(8-10)16(18,19)20)21-15(22)14-7-9-3-1-2-4-13(9)23-14/h1-8H,(H,21,22). The molecule has 0 aliphatic heterocycles. The molecular formula is C16H9ClF3NO2. The van der Waals surface area contributed by atoms with Crippen LogP contribution < -0.4 is 5.32 Å². The molecule has 0 fully saturated rings. The molecule has 0 aliphatic carbocycles. The van der Waals surface area contributed by atoms with Crippen LogP contribution in [-0.2, 0) is 6.18 Å². The van der Waals surface area contributed by atoms with Crippen LogP contribution >= 0.6 is 11.6 Å². The number of benzene rings is 2.